The van der Waals surface area contributed by atoms with Crippen LogP contribution in [0.2, 0.25) is 0 Å². The Morgan fingerprint density at radius 2 is 2.11 bits per heavy atom. The highest BCUT2D eigenvalue weighted by atomic mass is 16.1. The van der Waals surface area contributed by atoms with Gasteiger partial charge in [-0.2, -0.15) is 0 Å². The number of nitrogens with one attached hydrogen (secondary N) is 1. The van der Waals surface area contributed by atoms with Gasteiger partial charge < -0.3 is 5.32 Å². The number of Topliss-reactive ketones (excluding diaryl/α,β-unsaturated/α-hetero) is 1. The summed E-state index contributed by atoms with van der Waals surface area (Å²) >= 11 is 0. The van der Waals surface area contributed by atoms with Crippen LogP contribution >= 0.6 is 0 Å². The number of anilines is 1. The molecule has 1 aromatic carbocycles. The molecule has 0 bridgehead atoms. The zero-order valence-corrected chi connectivity index (χ0v) is 10.5. The van der Waals surface area contributed by atoms with Crippen molar-refractivity contribution in [1.29, 1.82) is 0 Å². The van der Waals surface area contributed by atoms with Gasteiger partial charge >= 0.3 is 0 Å². The lowest BCUT2D eigenvalue weighted by Crippen LogP contribution is -2.16. The zero-order chi connectivity index (χ0) is 12.5. The number of hydrogen-bond donors (Lipinski definition) is 1. The maximum atomic E-state index is 12.0. The van der Waals surface area contributed by atoms with Crippen LogP contribution in [-0.4, -0.2) is 17.3 Å². The number of carbonyl (C=O) groups is 1. The predicted molar refractivity (Wildman–Crippen MR) is 73.2 cm³/mol. The number of ketones is 1. The number of pyridine rings is 1. The van der Waals surface area contributed by atoms with Crippen LogP contribution in [0, 0.1) is 0 Å². The van der Waals surface area contributed by atoms with Crippen LogP contribution in [0.25, 0.3) is 10.9 Å². The molecule has 3 nitrogen and oxygen atoms in total. The molecule has 18 heavy (non-hydrogen) atoms. The second-order valence-electron chi connectivity index (χ2n) is 4.64. The molecule has 1 aliphatic rings. The number of hydrogen-bond acceptors (Lipinski definition) is 3. The Morgan fingerprint density at radius 1 is 1.28 bits per heavy atom. The molecule has 1 heterocycles. The van der Waals surface area contributed by atoms with Crippen molar-refractivity contribution in [2.45, 2.75) is 26.2 Å². The summed E-state index contributed by atoms with van der Waals surface area (Å²) in [7, 11) is 0. The van der Waals surface area contributed by atoms with Crippen molar-refractivity contribution in [1.82, 2.24) is 4.98 Å². The van der Waals surface area contributed by atoms with Crippen LogP contribution in [0.4, 0.5) is 5.69 Å². The summed E-state index contributed by atoms with van der Waals surface area (Å²) in [6.45, 7) is 2.93. The van der Waals surface area contributed by atoms with Gasteiger partial charge in [0.25, 0.3) is 0 Å². The van der Waals surface area contributed by atoms with Crippen molar-refractivity contribution in [3.8, 4) is 0 Å². The molecule has 1 aromatic heterocycles. The zero-order valence-electron chi connectivity index (χ0n) is 10.5. The Labute approximate surface area is 106 Å². The Balaban J connectivity index is 2.33. The van der Waals surface area contributed by atoms with Gasteiger partial charge in [0, 0.05) is 29.6 Å². The van der Waals surface area contributed by atoms with Gasteiger partial charge in [0.15, 0.2) is 5.78 Å². The number of carbonyl (C=O) groups excluding carboxylic acids is 1. The maximum Gasteiger partial charge on any atom is 0.181 e. The van der Waals surface area contributed by atoms with E-state index in [1.807, 2.05) is 18.2 Å². The summed E-state index contributed by atoms with van der Waals surface area (Å²) in [5, 5.41) is 4.53. The van der Waals surface area contributed by atoms with Gasteiger partial charge in [-0.15, -0.1) is 0 Å². The molecule has 92 valence electrons. The Bertz CT molecular complexity index is 619. The normalized spacial score (nSPS) is 14.6. The number of benzene rings is 1. The first-order chi connectivity index (χ1) is 8.81. The number of rotatable bonds is 2. The summed E-state index contributed by atoms with van der Waals surface area (Å²) < 4.78 is 0. The van der Waals surface area contributed by atoms with Gasteiger partial charge in [0.1, 0.15) is 5.69 Å². The van der Waals surface area contributed by atoms with E-state index in [4.69, 9.17) is 0 Å². The van der Waals surface area contributed by atoms with E-state index in [0.717, 1.165) is 41.5 Å². The smallest absolute Gasteiger partial charge is 0.181 e. The minimum absolute atomic E-state index is 0.182. The van der Waals surface area contributed by atoms with Crippen LogP contribution < -0.4 is 5.32 Å². The molecule has 0 spiro atoms. The average molecular weight is 240 g/mol. The third kappa shape index (κ3) is 1.67. The molecule has 3 rings (SSSR count). The molecule has 0 atom stereocenters. The molecule has 0 aliphatic heterocycles. The van der Waals surface area contributed by atoms with E-state index in [2.05, 4.69) is 23.3 Å². The van der Waals surface area contributed by atoms with E-state index in [9.17, 15) is 4.79 Å². The van der Waals surface area contributed by atoms with Gasteiger partial charge in [-0.1, -0.05) is 18.2 Å². The molecule has 0 amide bonds. The Hall–Kier alpha value is -1.90. The fraction of sp³-hybridized carbons (Fsp3) is 0.333. The molecule has 1 N–H and O–H groups in total. The highest BCUT2D eigenvalue weighted by molar-refractivity contribution is 6.04. The minimum atomic E-state index is 0.182. The van der Waals surface area contributed by atoms with Gasteiger partial charge in [0.05, 0.1) is 5.52 Å². The van der Waals surface area contributed by atoms with Crippen molar-refractivity contribution < 1.29 is 4.79 Å². The van der Waals surface area contributed by atoms with Crippen molar-refractivity contribution in [2.24, 2.45) is 0 Å². The van der Waals surface area contributed by atoms with Gasteiger partial charge in [-0.05, 0) is 25.8 Å². The number of fused-ring (bicyclic) bond motifs is 2. The summed E-state index contributed by atoms with van der Waals surface area (Å²) in [4.78, 5) is 16.5. The monoisotopic (exact) mass is 240 g/mol. The first-order valence-electron chi connectivity index (χ1n) is 6.50. The summed E-state index contributed by atoms with van der Waals surface area (Å²) in [5.41, 5.74) is 3.79. The van der Waals surface area contributed by atoms with Crippen molar-refractivity contribution in [2.75, 3.05) is 11.9 Å². The molecule has 3 heteroatoms. The van der Waals surface area contributed by atoms with E-state index in [1.54, 1.807) is 0 Å². The maximum absolute atomic E-state index is 12.0. The third-order valence-corrected chi connectivity index (χ3v) is 3.44. The van der Waals surface area contributed by atoms with Crippen LogP contribution in [0.5, 0.6) is 0 Å². The van der Waals surface area contributed by atoms with Crippen LogP contribution in [0.15, 0.2) is 24.3 Å². The predicted octanol–water partition coefficient (Wildman–Crippen LogP) is 3.19. The molecule has 0 saturated carbocycles. The standard InChI is InChI=1S/C15H16N2O/c1-2-16-14-10-6-3-4-8-12(10)17-15-11(14)7-5-9-13(15)18/h3-4,6,8H,2,5,7,9H2,1H3,(H,16,17). The lowest BCUT2D eigenvalue weighted by Gasteiger charge is -2.20. The molecule has 0 fully saturated rings. The van der Waals surface area contributed by atoms with Gasteiger partial charge in [-0.25, -0.2) is 4.98 Å². The lowest BCUT2D eigenvalue weighted by atomic mass is 9.92. The molecule has 0 radical (unpaired) electrons. The van der Waals surface area contributed by atoms with Gasteiger partial charge in [-0.3, -0.25) is 4.79 Å². The van der Waals surface area contributed by atoms with Crippen LogP contribution in [-0.2, 0) is 6.42 Å². The van der Waals surface area contributed by atoms with E-state index < -0.39 is 0 Å². The average Bonchev–Trinajstić information content (AvgIpc) is 2.40. The second-order valence-corrected chi connectivity index (χ2v) is 4.64. The molecule has 0 unspecified atom stereocenters. The summed E-state index contributed by atoms with van der Waals surface area (Å²) in [6.07, 6.45) is 2.51. The lowest BCUT2D eigenvalue weighted by molar-refractivity contribution is 0.0967. The SMILES string of the molecule is CCNc1c2c(nc3ccccc13)C(=O)CCC2. The fourth-order valence-electron chi connectivity index (χ4n) is 2.65. The minimum Gasteiger partial charge on any atom is -0.384 e. The quantitative estimate of drug-likeness (QED) is 0.876. The van der Waals surface area contributed by atoms with Crippen molar-refractivity contribution in [3.05, 3.63) is 35.5 Å². The molecular weight excluding hydrogens is 224 g/mol. The fourth-order valence-corrected chi connectivity index (χ4v) is 2.65. The van der Waals surface area contributed by atoms with Crippen molar-refractivity contribution in [3.63, 3.8) is 0 Å². The third-order valence-electron chi connectivity index (χ3n) is 3.44. The second kappa shape index (κ2) is 4.41. The van der Waals surface area contributed by atoms with Crippen LogP contribution in [0.1, 0.15) is 35.8 Å². The van der Waals surface area contributed by atoms with E-state index >= 15 is 0 Å². The first-order valence-corrected chi connectivity index (χ1v) is 6.50. The number of nitrogens with zero attached hydrogens (tertiary/aromatic N) is 1. The van der Waals surface area contributed by atoms with Crippen LogP contribution in [0.3, 0.4) is 0 Å². The summed E-state index contributed by atoms with van der Waals surface area (Å²) in [5.74, 6) is 0.182. The van der Waals surface area contributed by atoms with E-state index in [1.165, 1.54) is 0 Å². The van der Waals surface area contributed by atoms with Gasteiger partial charge in [0.2, 0.25) is 0 Å². The molecule has 2 aromatic rings. The van der Waals surface area contributed by atoms with Crippen molar-refractivity contribution >= 4 is 22.4 Å². The molecule has 1 aliphatic carbocycles. The van der Waals surface area contributed by atoms with E-state index in [-0.39, 0.29) is 5.78 Å². The topological polar surface area (TPSA) is 42.0 Å². The Kier molecular flexibility index (Phi) is 2.74. The largest absolute Gasteiger partial charge is 0.384 e. The van der Waals surface area contributed by atoms with E-state index in [0.29, 0.717) is 12.1 Å². The first kappa shape index (κ1) is 11.2. The summed E-state index contributed by atoms with van der Waals surface area (Å²) in [6, 6.07) is 8.02. The molecular formula is C15H16N2O. The Morgan fingerprint density at radius 3 is 2.94 bits per heavy atom. The number of aromatic nitrogens is 1. The highest BCUT2D eigenvalue weighted by Crippen LogP contribution is 2.32. The number of para-hydroxylation sites is 1. The highest BCUT2D eigenvalue weighted by Gasteiger charge is 2.23. The molecule has 0 saturated heterocycles.